The van der Waals surface area contributed by atoms with Crippen molar-refractivity contribution in [2.24, 2.45) is 30.2 Å². The molecule has 2 N–H and O–H groups in total. The van der Waals surface area contributed by atoms with Gasteiger partial charge >= 0.3 is 5.65 Å². The predicted molar refractivity (Wildman–Crippen MR) is 123 cm³/mol. The zero-order chi connectivity index (χ0) is 21.5. The van der Waals surface area contributed by atoms with Crippen molar-refractivity contribution in [2.45, 2.75) is 72.8 Å². The minimum atomic E-state index is 0. The summed E-state index contributed by atoms with van der Waals surface area (Å²) in [5.41, 5.74) is 11.4. The molecule has 0 radical (unpaired) electrons. The van der Waals surface area contributed by atoms with E-state index in [-0.39, 0.29) is 12.4 Å². The van der Waals surface area contributed by atoms with Crippen LogP contribution in [-0.4, -0.2) is 14.5 Å². The average molecular weight is 444 g/mol. The monoisotopic (exact) mass is 443 g/mol. The lowest BCUT2D eigenvalue weighted by molar-refractivity contribution is -0.663. The second kappa shape index (κ2) is 9.32. The van der Waals surface area contributed by atoms with E-state index < -0.39 is 0 Å². The number of allylic oxidation sites excluding steroid dienone is 4. The van der Waals surface area contributed by atoms with Gasteiger partial charge in [0.05, 0.1) is 13.6 Å². The van der Waals surface area contributed by atoms with E-state index in [1.54, 1.807) is 11.9 Å². The lowest BCUT2D eigenvalue weighted by atomic mass is 9.52. The van der Waals surface area contributed by atoms with Gasteiger partial charge < -0.3 is 18.1 Å². The maximum absolute atomic E-state index is 6.04. The third-order valence-electron chi connectivity index (χ3n) is 8.36. The minimum absolute atomic E-state index is 0. The number of aromatic nitrogens is 4. The van der Waals surface area contributed by atoms with Crippen molar-refractivity contribution in [1.82, 2.24) is 14.5 Å². The van der Waals surface area contributed by atoms with Gasteiger partial charge in [-0.3, -0.25) is 4.57 Å². The van der Waals surface area contributed by atoms with Crippen LogP contribution in [0.25, 0.3) is 11.2 Å². The van der Waals surface area contributed by atoms with Gasteiger partial charge in [-0.15, -0.1) is 0 Å². The lowest BCUT2D eigenvalue weighted by Gasteiger charge is -2.52. The molecule has 4 unspecified atom stereocenters. The van der Waals surface area contributed by atoms with Gasteiger partial charge in [-0.1, -0.05) is 42.1 Å². The fraction of sp³-hybridized carbons (Fsp3) is 0.640. The number of fused-ring (bicyclic) bond motifs is 2. The van der Waals surface area contributed by atoms with Gasteiger partial charge in [-0.2, -0.15) is 4.98 Å². The molecule has 31 heavy (non-hydrogen) atoms. The third kappa shape index (κ3) is 4.39. The second-order valence-electron chi connectivity index (χ2n) is 10.1. The van der Waals surface area contributed by atoms with Gasteiger partial charge in [0.1, 0.15) is 0 Å². The molecule has 0 spiro atoms. The maximum Gasteiger partial charge on any atom is 0.307 e. The number of rotatable bonds is 5. The predicted octanol–water partition coefficient (Wildman–Crippen LogP) is 1.98. The third-order valence-corrected chi connectivity index (χ3v) is 8.36. The minimum Gasteiger partial charge on any atom is -1.00 e. The highest BCUT2D eigenvalue weighted by Gasteiger charge is 2.46. The zero-order valence-electron chi connectivity index (χ0n) is 19.7. The quantitative estimate of drug-likeness (QED) is 0.567. The molecule has 170 valence electrons. The summed E-state index contributed by atoms with van der Waals surface area (Å²) in [4.78, 5) is 8.57. The van der Waals surface area contributed by atoms with Crippen LogP contribution >= 0.6 is 0 Å². The second-order valence-corrected chi connectivity index (χ2v) is 10.1. The Kier molecular flexibility index (Phi) is 7.14. The molecule has 0 bridgehead atoms. The molecule has 4 rings (SSSR count). The number of hydrogen-bond donors (Lipinski definition) is 1. The van der Waals surface area contributed by atoms with Crippen LogP contribution in [-0.2, 0) is 13.6 Å². The first-order chi connectivity index (χ1) is 14.3. The highest BCUT2D eigenvalue weighted by molar-refractivity contribution is 5.78. The van der Waals surface area contributed by atoms with Gasteiger partial charge in [-0.05, 0) is 75.5 Å². The van der Waals surface area contributed by atoms with Gasteiger partial charge in [0.2, 0.25) is 5.52 Å². The smallest absolute Gasteiger partial charge is 0.307 e. The van der Waals surface area contributed by atoms with Gasteiger partial charge in [-0.25, -0.2) is 4.57 Å². The summed E-state index contributed by atoms with van der Waals surface area (Å²) < 4.78 is 4.17. The standard InChI is InChI=1S/C25H38N5.ClH/c1-17(12-14-30-16-29(5)22-23(26)27-15-28-24(22)30)11-13-25(4)19(3)9-10-20-18(2)7-6-8-21(20)25;/h7,12,15-16,19-21H,6,8-11,13-14H2,1-5H3,(H2,26,27,28);1H/q+1;/p-1/b17-12+;. The highest BCUT2D eigenvalue weighted by atomic mass is 35.5. The molecule has 2 aromatic rings. The van der Waals surface area contributed by atoms with E-state index in [0.717, 1.165) is 35.5 Å². The number of nitrogens with two attached hydrogens (primary N) is 1. The largest absolute Gasteiger partial charge is 1.00 e. The van der Waals surface area contributed by atoms with Crippen molar-refractivity contribution in [3.05, 3.63) is 36.0 Å². The van der Waals surface area contributed by atoms with Crippen LogP contribution < -0.4 is 22.7 Å². The Balaban J connectivity index is 0.00000272. The number of hydrogen-bond acceptors (Lipinski definition) is 3. The molecule has 2 aliphatic rings. The van der Waals surface area contributed by atoms with Crippen LogP contribution in [0.5, 0.6) is 0 Å². The van der Waals surface area contributed by atoms with Crippen molar-refractivity contribution in [1.29, 1.82) is 0 Å². The molecule has 4 atom stereocenters. The topological polar surface area (TPSA) is 60.6 Å². The number of imidazole rings is 1. The van der Waals surface area contributed by atoms with E-state index in [9.17, 15) is 0 Å². The fourth-order valence-corrected chi connectivity index (χ4v) is 6.14. The van der Waals surface area contributed by atoms with E-state index >= 15 is 0 Å². The molecule has 2 heterocycles. The molecule has 1 fully saturated rings. The Hall–Kier alpha value is -1.88. The molecule has 2 aromatic heterocycles. The fourth-order valence-electron chi connectivity index (χ4n) is 6.14. The molecular weight excluding hydrogens is 406 g/mol. The van der Waals surface area contributed by atoms with E-state index in [2.05, 4.69) is 60.7 Å². The van der Waals surface area contributed by atoms with Crippen LogP contribution in [0.15, 0.2) is 36.0 Å². The summed E-state index contributed by atoms with van der Waals surface area (Å²) in [6.07, 6.45) is 16.3. The van der Waals surface area contributed by atoms with E-state index in [1.807, 2.05) is 11.6 Å². The molecular formula is C25H38ClN5. The van der Waals surface area contributed by atoms with E-state index in [1.165, 1.54) is 44.1 Å². The van der Waals surface area contributed by atoms with Crippen molar-refractivity contribution in [3.63, 3.8) is 0 Å². The Morgan fingerprint density at radius 2 is 2.10 bits per heavy atom. The van der Waals surface area contributed by atoms with E-state index in [4.69, 9.17) is 5.73 Å². The first kappa shape index (κ1) is 23.8. The van der Waals surface area contributed by atoms with Crippen LogP contribution in [0.3, 0.4) is 0 Å². The lowest BCUT2D eigenvalue weighted by Crippen LogP contribution is -3.00. The van der Waals surface area contributed by atoms with E-state index in [0.29, 0.717) is 11.2 Å². The molecule has 0 aromatic carbocycles. The van der Waals surface area contributed by atoms with Gasteiger partial charge in [0.15, 0.2) is 18.5 Å². The van der Waals surface area contributed by atoms with Crippen molar-refractivity contribution in [3.8, 4) is 0 Å². The summed E-state index contributed by atoms with van der Waals surface area (Å²) >= 11 is 0. The number of nitrogens with zero attached hydrogens (tertiary/aromatic N) is 4. The summed E-state index contributed by atoms with van der Waals surface area (Å²) in [7, 11) is 2.00. The van der Waals surface area contributed by atoms with Crippen molar-refractivity contribution < 1.29 is 17.0 Å². The molecule has 1 saturated carbocycles. The zero-order valence-corrected chi connectivity index (χ0v) is 20.5. The highest BCUT2D eigenvalue weighted by Crippen LogP contribution is 2.56. The Morgan fingerprint density at radius 3 is 2.87 bits per heavy atom. The Labute approximate surface area is 193 Å². The number of nitrogen functional groups attached to an aromatic ring is 1. The van der Waals surface area contributed by atoms with Crippen LogP contribution in [0.1, 0.15) is 66.2 Å². The number of anilines is 1. The molecule has 0 aliphatic heterocycles. The van der Waals surface area contributed by atoms with Gasteiger partial charge in [0, 0.05) is 0 Å². The van der Waals surface area contributed by atoms with Gasteiger partial charge in [0.25, 0.3) is 0 Å². The van der Waals surface area contributed by atoms with Crippen molar-refractivity contribution >= 4 is 17.0 Å². The number of aryl methyl sites for hydroxylation is 1. The number of halogens is 1. The van der Waals surface area contributed by atoms with Crippen LogP contribution in [0.4, 0.5) is 5.82 Å². The summed E-state index contributed by atoms with van der Waals surface area (Å²) in [6, 6.07) is 0. The normalized spacial score (nSPS) is 28.7. The van der Waals surface area contributed by atoms with Crippen molar-refractivity contribution in [2.75, 3.05) is 5.73 Å². The molecule has 5 nitrogen and oxygen atoms in total. The summed E-state index contributed by atoms with van der Waals surface area (Å²) in [5.74, 6) is 3.02. The molecule has 0 amide bonds. The van der Waals surface area contributed by atoms with Crippen LogP contribution in [0, 0.1) is 23.2 Å². The first-order valence-corrected chi connectivity index (χ1v) is 11.6. The first-order valence-electron chi connectivity index (χ1n) is 11.6. The Morgan fingerprint density at radius 1 is 1.32 bits per heavy atom. The SMILES string of the molecule is CC1=CCCC2C1CCC(C)C2(C)CC/C(C)=C/C[n+]1cn(C)c2c(N)ncnc21.[Cl-]. The Bertz CT molecular complexity index is 991. The molecule has 2 aliphatic carbocycles. The molecule has 0 saturated heterocycles. The molecule has 6 heteroatoms. The average Bonchev–Trinajstić information content (AvgIpc) is 3.05. The maximum atomic E-state index is 6.04. The summed E-state index contributed by atoms with van der Waals surface area (Å²) in [5, 5.41) is 0. The van der Waals surface area contributed by atoms with Crippen LogP contribution in [0.2, 0.25) is 0 Å². The summed E-state index contributed by atoms with van der Waals surface area (Å²) in [6.45, 7) is 10.6.